The second-order valence-corrected chi connectivity index (χ2v) is 8.85. The summed E-state index contributed by atoms with van der Waals surface area (Å²) in [6.07, 6.45) is 1.09. The molecule has 2 aliphatic heterocycles. The Kier molecular flexibility index (Phi) is 5.45. The Morgan fingerprint density at radius 1 is 0.889 bits per heavy atom. The molecule has 0 saturated heterocycles. The molecule has 2 atom stereocenters. The van der Waals surface area contributed by atoms with E-state index in [-0.39, 0.29) is 6.04 Å². The summed E-state index contributed by atoms with van der Waals surface area (Å²) in [7, 11) is 4.89. The summed E-state index contributed by atoms with van der Waals surface area (Å²) in [6, 6.07) is 19.1. The average molecular weight is 503 g/mol. The highest BCUT2D eigenvalue weighted by atomic mass is 35.5. The summed E-state index contributed by atoms with van der Waals surface area (Å²) < 4.78 is 25.0. The third kappa shape index (κ3) is 3.53. The van der Waals surface area contributed by atoms with Gasteiger partial charge in [0.1, 0.15) is 30.0 Å². The van der Waals surface area contributed by atoms with Crippen LogP contribution in [0.5, 0.6) is 23.0 Å². The van der Waals surface area contributed by atoms with Crippen LogP contribution in [0.25, 0.3) is 5.70 Å². The fourth-order valence-corrected chi connectivity index (χ4v) is 5.01. The Labute approximate surface area is 213 Å². The summed E-state index contributed by atoms with van der Waals surface area (Å²) in [5.41, 5.74) is 4.64. The van der Waals surface area contributed by atoms with Crippen molar-refractivity contribution in [3.05, 3.63) is 94.3 Å². The first-order valence-corrected chi connectivity index (χ1v) is 11.7. The Hall–Kier alpha value is -4.17. The smallest absolute Gasteiger partial charge is 0.226 e. The molecule has 2 aliphatic rings. The van der Waals surface area contributed by atoms with Gasteiger partial charge in [0.2, 0.25) is 5.95 Å². The van der Waals surface area contributed by atoms with Gasteiger partial charge in [-0.2, -0.15) is 10.1 Å². The van der Waals surface area contributed by atoms with Gasteiger partial charge < -0.3 is 24.3 Å². The molecule has 0 fully saturated rings. The molecule has 1 N–H and O–H groups in total. The van der Waals surface area contributed by atoms with E-state index in [9.17, 15) is 0 Å². The Bertz CT molecular complexity index is 1480. The molecule has 1 aromatic heterocycles. The number of rotatable bonds is 5. The monoisotopic (exact) mass is 502 g/mol. The van der Waals surface area contributed by atoms with Gasteiger partial charge in [-0.25, -0.2) is 4.68 Å². The summed E-state index contributed by atoms with van der Waals surface area (Å²) >= 11 is 6.42. The summed E-state index contributed by atoms with van der Waals surface area (Å²) in [6.45, 7) is 0. The van der Waals surface area contributed by atoms with Crippen LogP contribution < -0.4 is 24.3 Å². The third-order valence-corrected chi connectivity index (χ3v) is 6.75. The van der Waals surface area contributed by atoms with Gasteiger partial charge in [0, 0.05) is 21.7 Å². The van der Waals surface area contributed by atoms with Gasteiger partial charge in [0.25, 0.3) is 0 Å². The molecule has 0 bridgehead atoms. The van der Waals surface area contributed by atoms with Crippen LogP contribution in [0.1, 0.15) is 28.8 Å². The van der Waals surface area contributed by atoms with Crippen molar-refractivity contribution in [2.45, 2.75) is 12.1 Å². The first-order chi connectivity index (χ1) is 17.6. The Morgan fingerprint density at radius 2 is 1.67 bits per heavy atom. The lowest BCUT2D eigenvalue weighted by molar-refractivity contribution is 0.222. The normalized spacial score (nSPS) is 17.8. The predicted octanol–water partition coefficient (Wildman–Crippen LogP) is 5.52. The van der Waals surface area contributed by atoms with Gasteiger partial charge in [-0.15, -0.1) is 0 Å². The number of anilines is 1. The lowest BCUT2D eigenvalue weighted by Crippen LogP contribution is -2.32. The van der Waals surface area contributed by atoms with Gasteiger partial charge in [-0.05, 0) is 48.0 Å². The fourth-order valence-electron chi connectivity index (χ4n) is 4.84. The van der Waals surface area contributed by atoms with Crippen LogP contribution in [-0.4, -0.2) is 36.1 Å². The molecule has 3 aromatic carbocycles. The lowest BCUT2D eigenvalue weighted by Gasteiger charge is -2.39. The topological polar surface area (TPSA) is 79.7 Å². The van der Waals surface area contributed by atoms with Crippen LogP contribution >= 0.6 is 11.6 Å². The summed E-state index contributed by atoms with van der Waals surface area (Å²) in [5, 5.41) is 8.66. The van der Waals surface area contributed by atoms with Crippen molar-refractivity contribution in [3.8, 4) is 23.0 Å². The Morgan fingerprint density at radius 3 is 2.42 bits per heavy atom. The van der Waals surface area contributed by atoms with E-state index in [4.69, 9.17) is 30.5 Å². The highest BCUT2D eigenvalue weighted by molar-refractivity contribution is 6.30. The molecular weight excluding hydrogens is 480 g/mol. The van der Waals surface area contributed by atoms with Crippen molar-refractivity contribution >= 4 is 23.2 Å². The van der Waals surface area contributed by atoms with Gasteiger partial charge in [0.15, 0.2) is 11.5 Å². The molecule has 0 spiro atoms. The molecule has 0 radical (unpaired) electrons. The zero-order chi connectivity index (χ0) is 24.8. The molecule has 4 aromatic rings. The van der Waals surface area contributed by atoms with Crippen molar-refractivity contribution in [2.75, 3.05) is 26.6 Å². The number of aromatic nitrogens is 3. The minimum atomic E-state index is -0.453. The molecule has 182 valence electrons. The average Bonchev–Trinajstić information content (AvgIpc) is 3.39. The fraction of sp³-hybridized carbons (Fsp3) is 0.185. The molecule has 3 heterocycles. The highest BCUT2D eigenvalue weighted by Crippen LogP contribution is 2.51. The van der Waals surface area contributed by atoms with Crippen molar-refractivity contribution < 1.29 is 18.9 Å². The van der Waals surface area contributed by atoms with E-state index in [1.807, 2.05) is 65.3 Å². The molecule has 0 saturated carbocycles. The van der Waals surface area contributed by atoms with Crippen LogP contribution in [0.4, 0.5) is 5.95 Å². The first kappa shape index (κ1) is 22.3. The molecule has 9 heteroatoms. The van der Waals surface area contributed by atoms with Crippen LogP contribution in [0, 0.1) is 0 Å². The van der Waals surface area contributed by atoms with E-state index in [1.54, 1.807) is 27.7 Å². The molecule has 6 rings (SSSR count). The lowest BCUT2D eigenvalue weighted by atomic mass is 9.84. The minimum Gasteiger partial charge on any atom is -0.497 e. The van der Waals surface area contributed by atoms with Gasteiger partial charge in [0.05, 0.1) is 27.0 Å². The second-order valence-electron chi connectivity index (χ2n) is 8.41. The van der Waals surface area contributed by atoms with E-state index in [2.05, 4.69) is 15.4 Å². The molecule has 36 heavy (non-hydrogen) atoms. The maximum Gasteiger partial charge on any atom is 0.226 e. The van der Waals surface area contributed by atoms with Crippen LogP contribution in [-0.2, 0) is 0 Å². The maximum atomic E-state index is 6.66. The number of ether oxygens (including phenoxy) is 4. The maximum absolute atomic E-state index is 6.66. The predicted molar refractivity (Wildman–Crippen MR) is 136 cm³/mol. The quantitative estimate of drug-likeness (QED) is 0.385. The van der Waals surface area contributed by atoms with E-state index < -0.39 is 6.10 Å². The van der Waals surface area contributed by atoms with E-state index >= 15 is 0 Å². The second kappa shape index (κ2) is 8.80. The number of halogens is 1. The van der Waals surface area contributed by atoms with Crippen LogP contribution in [0.3, 0.4) is 0 Å². The number of nitrogens with zero attached hydrogens (tertiary/aromatic N) is 3. The Balaban J connectivity index is 1.60. The molecule has 8 nitrogen and oxygen atoms in total. The van der Waals surface area contributed by atoms with Crippen molar-refractivity contribution in [2.24, 2.45) is 0 Å². The summed E-state index contributed by atoms with van der Waals surface area (Å²) in [5.74, 6) is 3.38. The van der Waals surface area contributed by atoms with E-state index in [0.717, 1.165) is 33.7 Å². The van der Waals surface area contributed by atoms with E-state index in [0.29, 0.717) is 28.2 Å². The SMILES string of the molecule is COc1ccc([C@H]2C3=C(Nc4ncnn42)c2cc(Cl)ccc2O[C@H]3c2ccc(OC)c(OC)c2)cc1. The molecular formula is C27H23ClN4O4. The highest BCUT2D eigenvalue weighted by Gasteiger charge is 2.41. The number of benzene rings is 3. The number of hydrogen-bond donors (Lipinski definition) is 1. The third-order valence-electron chi connectivity index (χ3n) is 6.52. The summed E-state index contributed by atoms with van der Waals surface area (Å²) in [4.78, 5) is 4.47. The van der Waals surface area contributed by atoms with Crippen molar-refractivity contribution in [1.29, 1.82) is 0 Å². The number of fused-ring (bicyclic) bond motifs is 3. The molecule has 0 unspecified atom stereocenters. The number of methoxy groups -OCH3 is 3. The van der Waals surface area contributed by atoms with E-state index in [1.165, 1.54) is 0 Å². The van der Waals surface area contributed by atoms with Crippen LogP contribution in [0.2, 0.25) is 5.02 Å². The first-order valence-electron chi connectivity index (χ1n) is 11.3. The molecule has 0 amide bonds. The minimum absolute atomic E-state index is 0.296. The standard InChI is InChI=1S/C27H23ClN4O4/c1-33-18-8-4-15(5-9-18)25-23-24(31-27-29-14-30-32(25)27)19-13-17(28)7-11-20(19)36-26(23)16-6-10-21(34-2)22(12-16)35-3/h4-14,25-26H,1-3H3,(H,29,30,31)/t25-,26-/m0/s1. The zero-order valence-electron chi connectivity index (χ0n) is 19.9. The van der Waals surface area contributed by atoms with Crippen LogP contribution in [0.15, 0.2) is 72.6 Å². The zero-order valence-corrected chi connectivity index (χ0v) is 20.6. The number of hydrogen-bond acceptors (Lipinski definition) is 7. The van der Waals surface area contributed by atoms with Gasteiger partial charge >= 0.3 is 0 Å². The van der Waals surface area contributed by atoms with Crippen molar-refractivity contribution in [3.63, 3.8) is 0 Å². The number of nitrogens with one attached hydrogen (secondary N) is 1. The van der Waals surface area contributed by atoms with Gasteiger partial charge in [-0.3, -0.25) is 0 Å². The molecule has 0 aliphatic carbocycles. The van der Waals surface area contributed by atoms with Gasteiger partial charge in [-0.1, -0.05) is 29.8 Å². The van der Waals surface area contributed by atoms with Crippen molar-refractivity contribution in [1.82, 2.24) is 14.8 Å². The largest absolute Gasteiger partial charge is 0.497 e.